The average molecular weight is 342 g/mol. The number of carbonyl (C=O) groups excluding carboxylic acids is 2. The molecule has 0 aliphatic carbocycles. The topological polar surface area (TPSA) is 70.4 Å². The van der Waals surface area contributed by atoms with Crippen LogP contribution in [0.5, 0.6) is 5.88 Å². The molecule has 0 N–H and O–H groups in total. The molecular weight excluding hydrogens is 327 g/mol. The first-order chi connectivity index (χ1) is 12.1. The zero-order valence-corrected chi connectivity index (χ0v) is 13.4. The molecule has 0 saturated heterocycles. The van der Waals surface area contributed by atoms with E-state index in [4.69, 9.17) is 9.47 Å². The molecule has 3 rings (SSSR count). The van der Waals surface area contributed by atoms with Crippen LogP contribution in [0.25, 0.3) is 10.9 Å². The highest BCUT2D eigenvalue weighted by Crippen LogP contribution is 2.25. The van der Waals surface area contributed by atoms with Gasteiger partial charge in [0.05, 0.1) is 17.5 Å². The molecule has 0 aliphatic heterocycles. The zero-order chi connectivity index (χ0) is 17.8. The van der Waals surface area contributed by atoms with E-state index in [2.05, 4.69) is 5.10 Å². The van der Waals surface area contributed by atoms with E-state index in [0.717, 1.165) is 0 Å². The molecule has 0 unspecified atom stereocenters. The van der Waals surface area contributed by atoms with Crippen molar-refractivity contribution in [2.24, 2.45) is 0 Å². The van der Waals surface area contributed by atoms with Crippen LogP contribution < -0.4 is 4.74 Å². The number of hydrogen-bond donors (Lipinski definition) is 0. The first-order valence-corrected chi connectivity index (χ1v) is 7.66. The standard InChI is InChI=1S/C18H15FN2O4/c1-2-24-16(22)11-25-17-14-5-3-4-6-15(14)21(20-17)18(23)12-7-9-13(19)10-8-12/h3-10H,2,11H2,1H3. The lowest BCUT2D eigenvalue weighted by molar-refractivity contribution is -0.145. The van der Waals surface area contributed by atoms with Gasteiger partial charge in [-0.2, -0.15) is 4.68 Å². The predicted octanol–water partition coefficient (Wildman–Crippen LogP) is 2.81. The summed E-state index contributed by atoms with van der Waals surface area (Å²) in [5.74, 6) is -1.23. The zero-order valence-electron chi connectivity index (χ0n) is 13.4. The Labute approximate surface area is 142 Å². The van der Waals surface area contributed by atoms with E-state index in [1.807, 2.05) is 0 Å². The highest BCUT2D eigenvalue weighted by molar-refractivity contribution is 6.02. The van der Waals surface area contributed by atoms with Gasteiger partial charge in [-0.05, 0) is 43.3 Å². The van der Waals surface area contributed by atoms with Crippen LogP contribution in [-0.4, -0.2) is 34.9 Å². The van der Waals surface area contributed by atoms with Crippen molar-refractivity contribution in [3.8, 4) is 5.88 Å². The third-order valence-electron chi connectivity index (χ3n) is 3.47. The molecule has 0 bridgehead atoms. The third kappa shape index (κ3) is 3.50. The number of esters is 1. The fourth-order valence-corrected chi connectivity index (χ4v) is 2.34. The van der Waals surface area contributed by atoms with Gasteiger partial charge in [-0.1, -0.05) is 12.1 Å². The van der Waals surface area contributed by atoms with Gasteiger partial charge in [-0.25, -0.2) is 9.18 Å². The van der Waals surface area contributed by atoms with Crippen LogP contribution in [0.4, 0.5) is 4.39 Å². The molecule has 0 spiro atoms. The number of ether oxygens (including phenoxy) is 2. The Balaban J connectivity index is 1.94. The molecular formula is C18H15FN2O4. The summed E-state index contributed by atoms with van der Waals surface area (Å²) in [6, 6.07) is 12.1. The summed E-state index contributed by atoms with van der Waals surface area (Å²) in [4.78, 5) is 24.1. The molecule has 1 aromatic heterocycles. The van der Waals surface area contributed by atoms with E-state index >= 15 is 0 Å². The van der Waals surface area contributed by atoms with Crippen molar-refractivity contribution in [3.05, 3.63) is 59.9 Å². The number of rotatable bonds is 5. The molecule has 0 aliphatic rings. The summed E-state index contributed by atoms with van der Waals surface area (Å²) in [6.45, 7) is 1.64. The minimum Gasteiger partial charge on any atom is -0.464 e. The fourth-order valence-electron chi connectivity index (χ4n) is 2.34. The lowest BCUT2D eigenvalue weighted by Crippen LogP contribution is -2.16. The minimum atomic E-state index is -0.522. The van der Waals surface area contributed by atoms with E-state index in [1.54, 1.807) is 31.2 Å². The monoisotopic (exact) mass is 342 g/mol. The molecule has 25 heavy (non-hydrogen) atoms. The molecule has 128 valence electrons. The Kier molecular flexibility index (Phi) is 4.74. The van der Waals surface area contributed by atoms with Crippen LogP contribution in [-0.2, 0) is 9.53 Å². The maximum absolute atomic E-state index is 13.1. The largest absolute Gasteiger partial charge is 0.464 e. The lowest BCUT2D eigenvalue weighted by Gasteiger charge is -2.03. The van der Waals surface area contributed by atoms with Gasteiger partial charge in [0.2, 0.25) is 5.88 Å². The van der Waals surface area contributed by atoms with Crippen molar-refractivity contribution >= 4 is 22.8 Å². The highest BCUT2D eigenvalue weighted by Gasteiger charge is 2.18. The normalized spacial score (nSPS) is 10.6. The van der Waals surface area contributed by atoms with Crippen molar-refractivity contribution in [1.29, 1.82) is 0 Å². The van der Waals surface area contributed by atoms with Crippen molar-refractivity contribution in [1.82, 2.24) is 9.78 Å². The smallest absolute Gasteiger partial charge is 0.344 e. The van der Waals surface area contributed by atoms with E-state index < -0.39 is 17.7 Å². The van der Waals surface area contributed by atoms with Crippen LogP contribution in [0.2, 0.25) is 0 Å². The predicted molar refractivity (Wildman–Crippen MR) is 88.0 cm³/mol. The van der Waals surface area contributed by atoms with E-state index in [0.29, 0.717) is 10.9 Å². The van der Waals surface area contributed by atoms with E-state index in [-0.39, 0.29) is 24.7 Å². The van der Waals surface area contributed by atoms with Gasteiger partial charge in [0, 0.05) is 5.56 Å². The van der Waals surface area contributed by atoms with Crippen molar-refractivity contribution < 1.29 is 23.5 Å². The highest BCUT2D eigenvalue weighted by atomic mass is 19.1. The van der Waals surface area contributed by atoms with Crippen molar-refractivity contribution in [3.63, 3.8) is 0 Å². The molecule has 0 amide bonds. The number of carbonyl (C=O) groups is 2. The summed E-state index contributed by atoms with van der Waals surface area (Å²) in [7, 11) is 0. The third-order valence-corrected chi connectivity index (χ3v) is 3.47. The van der Waals surface area contributed by atoms with Gasteiger partial charge in [-0.15, -0.1) is 5.10 Å². The van der Waals surface area contributed by atoms with Gasteiger partial charge in [0.1, 0.15) is 5.82 Å². The van der Waals surface area contributed by atoms with Crippen LogP contribution in [0.1, 0.15) is 17.3 Å². The van der Waals surface area contributed by atoms with E-state index in [1.165, 1.54) is 28.9 Å². The summed E-state index contributed by atoms with van der Waals surface area (Å²) < 4.78 is 24.4. The molecule has 6 nitrogen and oxygen atoms in total. The van der Waals surface area contributed by atoms with Gasteiger partial charge in [0.25, 0.3) is 5.91 Å². The molecule has 0 fully saturated rings. The lowest BCUT2D eigenvalue weighted by atomic mass is 10.2. The molecule has 7 heteroatoms. The van der Waals surface area contributed by atoms with Crippen LogP contribution in [0.3, 0.4) is 0 Å². The van der Waals surface area contributed by atoms with E-state index in [9.17, 15) is 14.0 Å². The summed E-state index contributed by atoms with van der Waals surface area (Å²) in [5.41, 5.74) is 0.808. The number of halogens is 1. The first kappa shape index (κ1) is 16.6. The van der Waals surface area contributed by atoms with Crippen LogP contribution in [0, 0.1) is 5.82 Å². The second kappa shape index (κ2) is 7.12. The maximum atomic E-state index is 13.1. The quantitative estimate of drug-likeness (QED) is 0.667. The average Bonchev–Trinajstić information content (AvgIpc) is 2.99. The Morgan fingerprint density at radius 3 is 2.56 bits per heavy atom. The van der Waals surface area contributed by atoms with Crippen LogP contribution in [0.15, 0.2) is 48.5 Å². The molecule has 0 atom stereocenters. The number of nitrogens with zero attached hydrogens (tertiary/aromatic N) is 2. The number of para-hydroxylation sites is 1. The summed E-state index contributed by atoms with van der Waals surface area (Å²) >= 11 is 0. The van der Waals surface area contributed by atoms with Crippen LogP contribution >= 0.6 is 0 Å². The van der Waals surface area contributed by atoms with Gasteiger partial charge in [0.15, 0.2) is 6.61 Å². The van der Waals surface area contributed by atoms with Gasteiger partial charge >= 0.3 is 5.97 Å². The first-order valence-electron chi connectivity index (χ1n) is 7.66. The maximum Gasteiger partial charge on any atom is 0.344 e. The SMILES string of the molecule is CCOC(=O)COc1nn(C(=O)c2ccc(F)cc2)c2ccccc12. The fraction of sp³-hybridized carbons (Fsp3) is 0.167. The molecule has 0 saturated carbocycles. The summed E-state index contributed by atoms with van der Waals surface area (Å²) in [5, 5.41) is 4.75. The van der Waals surface area contributed by atoms with Crippen molar-refractivity contribution in [2.75, 3.05) is 13.2 Å². The Bertz CT molecular complexity index is 918. The van der Waals surface area contributed by atoms with Gasteiger partial charge in [-0.3, -0.25) is 4.79 Å². The Morgan fingerprint density at radius 1 is 1.12 bits per heavy atom. The minimum absolute atomic E-state index is 0.152. The second-order valence-electron chi connectivity index (χ2n) is 5.14. The molecule has 0 radical (unpaired) electrons. The number of aromatic nitrogens is 2. The Morgan fingerprint density at radius 2 is 1.84 bits per heavy atom. The number of benzene rings is 2. The molecule has 2 aromatic carbocycles. The number of hydrogen-bond acceptors (Lipinski definition) is 5. The Hall–Kier alpha value is -3.22. The number of fused-ring (bicyclic) bond motifs is 1. The second-order valence-corrected chi connectivity index (χ2v) is 5.14. The summed E-state index contributed by atoms with van der Waals surface area (Å²) in [6.07, 6.45) is 0. The van der Waals surface area contributed by atoms with Gasteiger partial charge < -0.3 is 9.47 Å². The molecule has 1 heterocycles. The van der Waals surface area contributed by atoms with Crippen molar-refractivity contribution in [2.45, 2.75) is 6.92 Å². The molecule has 3 aromatic rings.